The molecule has 1 amide bonds. The first-order chi connectivity index (χ1) is 9.54. The minimum atomic E-state index is -0.217. The Hall–Kier alpha value is -2.08. The van der Waals surface area contributed by atoms with E-state index in [4.69, 9.17) is 15.7 Å². The number of amidine groups is 1. The van der Waals surface area contributed by atoms with E-state index in [1.807, 2.05) is 0 Å². The first-order valence-electron chi connectivity index (χ1n) is 6.48. The van der Waals surface area contributed by atoms with Crippen molar-refractivity contribution in [2.24, 2.45) is 16.8 Å². The summed E-state index contributed by atoms with van der Waals surface area (Å²) in [6.45, 7) is 5.73. The number of nitrogens with two attached hydrogens (primary N) is 1. The van der Waals surface area contributed by atoms with Crippen molar-refractivity contribution in [3.63, 3.8) is 0 Å². The number of amides is 1. The highest BCUT2D eigenvalue weighted by molar-refractivity contribution is 6.01. The number of ether oxygens (including phenoxy) is 1. The van der Waals surface area contributed by atoms with Crippen molar-refractivity contribution in [2.75, 3.05) is 19.8 Å². The van der Waals surface area contributed by atoms with Crippen molar-refractivity contribution >= 4 is 11.7 Å². The van der Waals surface area contributed by atoms with Gasteiger partial charge < -0.3 is 21.0 Å². The Morgan fingerprint density at radius 1 is 1.45 bits per heavy atom. The van der Waals surface area contributed by atoms with Crippen LogP contribution in [0, 0.1) is 5.92 Å². The summed E-state index contributed by atoms with van der Waals surface area (Å²) in [5, 5.41) is 14.3. The third-order valence-electron chi connectivity index (χ3n) is 2.51. The monoisotopic (exact) mass is 279 g/mol. The van der Waals surface area contributed by atoms with Crippen LogP contribution in [0.25, 0.3) is 0 Å². The summed E-state index contributed by atoms with van der Waals surface area (Å²) in [6, 6.07) is 6.58. The van der Waals surface area contributed by atoms with Crippen LogP contribution in [-0.4, -0.2) is 36.7 Å². The second-order valence-electron chi connectivity index (χ2n) is 4.79. The molecule has 0 saturated heterocycles. The molecule has 0 fully saturated rings. The van der Waals surface area contributed by atoms with Crippen LogP contribution < -0.4 is 11.1 Å². The average molecular weight is 279 g/mol. The summed E-state index contributed by atoms with van der Waals surface area (Å²) >= 11 is 0. The fraction of sp³-hybridized carbons (Fsp3) is 0.429. The van der Waals surface area contributed by atoms with Crippen LogP contribution >= 0.6 is 0 Å². The van der Waals surface area contributed by atoms with Crippen molar-refractivity contribution in [3.05, 3.63) is 35.4 Å². The highest BCUT2D eigenvalue weighted by Gasteiger charge is 2.07. The van der Waals surface area contributed by atoms with Crippen molar-refractivity contribution in [1.82, 2.24) is 5.32 Å². The Kier molecular flexibility index (Phi) is 6.52. The van der Waals surface area contributed by atoms with Gasteiger partial charge in [0.15, 0.2) is 5.84 Å². The third kappa shape index (κ3) is 5.27. The van der Waals surface area contributed by atoms with E-state index in [0.29, 0.717) is 36.8 Å². The van der Waals surface area contributed by atoms with Gasteiger partial charge in [-0.25, -0.2) is 0 Å². The lowest BCUT2D eigenvalue weighted by Gasteiger charge is -2.08. The predicted octanol–water partition coefficient (Wildman–Crippen LogP) is 1.18. The fourth-order valence-corrected chi connectivity index (χ4v) is 1.54. The van der Waals surface area contributed by atoms with Crippen molar-refractivity contribution in [1.29, 1.82) is 0 Å². The predicted molar refractivity (Wildman–Crippen MR) is 76.9 cm³/mol. The van der Waals surface area contributed by atoms with Gasteiger partial charge in [-0.05, 0) is 18.1 Å². The molecule has 0 aliphatic carbocycles. The summed E-state index contributed by atoms with van der Waals surface area (Å²) in [7, 11) is 0. The number of hydrogen-bond acceptors (Lipinski definition) is 4. The summed E-state index contributed by atoms with van der Waals surface area (Å²) in [5.41, 5.74) is 6.43. The summed E-state index contributed by atoms with van der Waals surface area (Å²) in [5.74, 6) is 0.230. The molecule has 0 spiro atoms. The molecule has 0 bridgehead atoms. The molecule has 0 heterocycles. The molecule has 0 aliphatic heterocycles. The Morgan fingerprint density at radius 3 is 2.80 bits per heavy atom. The van der Waals surface area contributed by atoms with Gasteiger partial charge in [0.1, 0.15) is 0 Å². The molecule has 0 saturated carbocycles. The summed E-state index contributed by atoms with van der Waals surface area (Å²) in [4.78, 5) is 11.9. The van der Waals surface area contributed by atoms with Crippen LogP contribution in [0.5, 0.6) is 0 Å². The van der Waals surface area contributed by atoms with Gasteiger partial charge >= 0.3 is 0 Å². The van der Waals surface area contributed by atoms with E-state index < -0.39 is 0 Å². The van der Waals surface area contributed by atoms with Crippen molar-refractivity contribution in [2.45, 2.75) is 13.8 Å². The zero-order chi connectivity index (χ0) is 15.0. The quantitative estimate of drug-likeness (QED) is 0.229. The molecule has 0 aliphatic rings. The van der Waals surface area contributed by atoms with Crippen LogP contribution in [-0.2, 0) is 4.74 Å². The number of benzene rings is 1. The van der Waals surface area contributed by atoms with Gasteiger partial charge in [0.2, 0.25) is 0 Å². The summed E-state index contributed by atoms with van der Waals surface area (Å²) < 4.78 is 5.37. The molecule has 20 heavy (non-hydrogen) atoms. The normalized spacial score (nSPS) is 11.7. The van der Waals surface area contributed by atoms with Crippen molar-refractivity contribution < 1.29 is 14.7 Å². The lowest BCUT2D eigenvalue weighted by Crippen LogP contribution is -2.28. The molecule has 0 aromatic heterocycles. The van der Waals surface area contributed by atoms with E-state index in [0.717, 1.165) is 0 Å². The lowest BCUT2D eigenvalue weighted by molar-refractivity contribution is 0.0886. The smallest absolute Gasteiger partial charge is 0.251 e. The van der Waals surface area contributed by atoms with Gasteiger partial charge in [-0.3, -0.25) is 4.79 Å². The van der Waals surface area contributed by atoms with E-state index >= 15 is 0 Å². The van der Waals surface area contributed by atoms with E-state index in [9.17, 15) is 4.79 Å². The number of rotatable bonds is 7. The Balaban J connectivity index is 2.47. The van der Waals surface area contributed by atoms with Crippen LogP contribution in [0.1, 0.15) is 29.8 Å². The van der Waals surface area contributed by atoms with Gasteiger partial charge in [0.25, 0.3) is 5.91 Å². The second-order valence-corrected chi connectivity index (χ2v) is 4.79. The van der Waals surface area contributed by atoms with E-state index in [1.165, 1.54) is 0 Å². The number of nitrogens with one attached hydrogen (secondary N) is 1. The number of nitrogens with zero attached hydrogens (tertiary/aromatic N) is 1. The van der Waals surface area contributed by atoms with Crippen LogP contribution in [0.3, 0.4) is 0 Å². The Labute approximate surface area is 118 Å². The molecule has 6 nitrogen and oxygen atoms in total. The number of carbonyl (C=O) groups is 1. The van der Waals surface area contributed by atoms with Gasteiger partial charge in [-0.15, -0.1) is 0 Å². The molecule has 4 N–H and O–H groups in total. The Morgan fingerprint density at radius 2 is 2.15 bits per heavy atom. The molecule has 1 aromatic rings. The van der Waals surface area contributed by atoms with Crippen LogP contribution in [0.4, 0.5) is 0 Å². The van der Waals surface area contributed by atoms with E-state index in [2.05, 4.69) is 24.3 Å². The minimum absolute atomic E-state index is 0.0279. The number of oxime groups is 1. The van der Waals surface area contributed by atoms with E-state index in [-0.39, 0.29) is 11.7 Å². The number of hydrogen-bond donors (Lipinski definition) is 3. The first-order valence-corrected chi connectivity index (χ1v) is 6.48. The lowest BCUT2D eigenvalue weighted by atomic mass is 10.1. The van der Waals surface area contributed by atoms with Gasteiger partial charge in [-0.1, -0.05) is 31.1 Å². The maximum absolute atomic E-state index is 11.9. The molecule has 0 atom stereocenters. The average Bonchev–Trinajstić information content (AvgIpc) is 2.45. The summed E-state index contributed by atoms with van der Waals surface area (Å²) in [6.07, 6.45) is 0. The standard InChI is InChI=1S/C14H21N3O3/c1-10(2)9-20-7-6-16-14(18)12-5-3-4-11(8-12)13(15)17-19/h3-5,8,10,19H,6-7,9H2,1-2H3,(H2,15,17)(H,16,18). The molecule has 1 aromatic carbocycles. The largest absolute Gasteiger partial charge is 0.409 e. The maximum atomic E-state index is 11.9. The Bertz CT molecular complexity index is 472. The van der Waals surface area contributed by atoms with Gasteiger partial charge in [0, 0.05) is 24.3 Å². The van der Waals surface area contributed by atoms with Gasteiger partial charge in [-0.2, -0.15) is 0 Å². The molecular weight excluding hydrogens is 258 g/mol. The molecule has 0 radical (unpaired) electrons. The van der Waals surface area contributed by atoms with Crippen molar-refractivity contribution in [3.8, 4) is 0 Å². The number of carbonyl (C=O) groups excluding carboxylic acids is 1. The van der Waals surface area contributed by atoms with Crippen LogP contribution in [0.2, 0.25) is 0 Å². The minimum Gasteiger partial charge on any atom is -0.409 e. The third-order valence-corrected chi connectivity index (χ3v) is 2.51. The topological polar surface area (TPSA) is 96.9 Å². The molecular formula is C14H21N3O3. The molecule has 6 heteroatoms. The van der Waals surface area contributed by atoms with Gasteiger partial charge in [0.05, 0.1) is 6.61 Å². The molecule has 110 valence electrons. The second kappa shape index (κ2) is 8.16. The maximum Gasteiger partial charge on any atom is 0.251 e. The molecule has 1 rings (SSSR count). The highest BCUT2D eigenvalue weighted by Crippen LogP contribution is 2.05. The zero-order valence-corrected chi connectivity index (χ0v) is 11.8. The SMILES string of the molecule is CC(C)COCCNC(=O)c1cccc(/C(N)=N/O)c1. The fourth-order valence-electron chi connectivity index (χ4n) is 1.54. The van der Waals surface area contributed by atoms with Crippen LogP contribution in [0.15, 0.2) is 29.4 Å². The zero-order valence-electron chi connectivity index (χ0n) is 11.8. The highest BCUT2D eigenvalue weighted by atomic mass is 16.5. The first kappa shape index (κ1) is 16.0. The van der Waals surface area contributed by atoms with E-state index in [1.54, 1.807) is 24.3 Å². The molecule has 0 unspecified atom stereocenters.